The lowest BCUT2D eigenvalue weighted by molar-refractivity contribution is -0.122. The SMILES string of the molecule is CCCc1n[nH]c(=S)n1CC(=O)NC(C)c1ccc2c(c1)OCO2. The molecule has 0 fully saturated rings. The van der Waals surface area contributed by atoms with Crippen molar-refractivity contribution in [1.29, 1.82) is 0 Å². The fourth-order valence-corrected chi connectivity index (χ4v) is 2.84. The first-order valence-corrected chi connectivity index (χ1v) is 8.32. The highest BCUT2D eigenvalue weighted by molar-refractivity contribution is 7.71. The number of hydrogen-bond donors (Lipinski definition) is 2. The Morgan fingerprint density at radius 3 is 3.04 bits per heavy atom. The minimum Gasteiger partial charge on any atom is -0.454 e. The van der Waals surface area contributed by atoms with Crippen molar-refractivity contribution in [3.63, 3.8) is 0 Å². The van der Waals surface area contributed by atoms with E-state index in [1.807, 2.05) is 25.1 Å². The maximum Gasteiger partial charge on any atom is 0.240 e. The number of nitrogens with zero attached hydrogens (tertiary/aromatic N) is 2. The average molecular weight is 348 g/mol. The number of benzene rings is 1. The van der Waals surface area contributed by atoms with Gasteiger partial charge in [-0.2, -0.15) is 5.10 Å². The van der Waals surface area contributed by atoms with Crippen LogP contribution in [0.15, 0.2) is 18.2 Å². The molecule has 128 valence electrons. The van der Waals surface area contributed by atoms with Crippen molar-refractivity contribution in [3.05, 3.63) is 34.4 Å². The van der Waals surface area contributed by atoms with E-state index in [1.165, 1.54) is 0 Å². The van der Waals surface area contributed by atoms with Crippen LogP contribution in [0.25, 0.3) is 0 Å². The number of nitrogens with one attached hydrogen (secondary N) is 2. The molecular formula is C16H20N4O3S. The van der Waals surface area contributed by atoms with Crippen LogP contribution in [0, 0.1) is 4.77 Å². The van der Waals surface area contributed by atoms with Gasteiger partial charge in [0.05, 0.1) is 6.04 Å². The lowest BCUT2D eigenvalue weighted by Gasteiger charge is -2.15. The number of rotatable bonds is 6. The normalized spacial score (nSPS) is 13.8. The standard InChI is InChI=1S/C16H20N4O3S/c1-3-4-14-18-19-16(24)20(14)8-15(21)17-10(2)11-5-6-12-13(7-11)23-9-22-12/h5-7,10H,3-4,8-9H2,1-2H3,(H,17,21)(H,19,24). The summed E-state index contributed by atoms with van der Waals surface area (Å²) in [5.74, 6) is 2.12. The summed E-state index contributed by atoms with van der Waals surface area (Å²) in [6.07, 6.45) is 1.72. The summed E-state index contributed by atoms with van der Waals surface area (Å²) in [5, 5.41) is 9.89. The van der Waals surface area contributed by atoms with Crippen molar-refractivity contribution in [2.24, 2.45) is 0 Å². The number of ether oxygens (including phenoxy) is 2. The Bertz CT molecular complexity index is 799. The summed E-state index contributed by atoms with van der Waals surface area (Å²) < 4.78 is 12.9. The van der Waals surface area contributed by atoms with E-state index in [2.05, 4.69) is 22.4 Å². The highest BCUT2D eigenvalue weighted by Crippen LogP contribution is 2.34. The van der Waals surface area contributed by atoms with Crippen LogP contribution in [0.3, 0.4) is 0 Å². The van der Waals surface area contributed by atoms with Gasteiger partial charge in [-0.05, 0) is 43.3 Å². The van der Waals surface area contributed by atoms with Crippen molar-refractivity contribution in [3.8, 4) is 11.5 Å². The number of aromatic nitrogens is 3. The number of carbonyl (C=O) groups is 1. The van der Waals surface area contributed by atoms with Crippen LogP contribution in [-0.2, 0) is 17.8 Å². The third-order valence-electron chi connectivity index (χ3n) is 3.89. The van der Waals surface area contributed by atoms with E-state index in [9.17, 15) is 4.79 Å². The Kier molecular flexibility index (Phi) is 4.84. The van der Waals surface area contributed by atoms with E-state index >= 15 is 0 Å². The molecule has 2 N–H and O–H groups in total. The number of H-pyrrole nitrogens is 1. The molecule has 0 radical (unpaired) electrons. The third kappa shape index (κ3) is 3.43. The first-order valence-electron chi connectivity index (χ1n) is 7.91. The summed E-state index contributed by atoms with van der Waals surface area (Å²) in [7, 11) is 0. The van der Waals surface area contributed by atoms with Crippen LogP contribution < -0.4 is 14.8 Å². The first kappa shape index (κ1) is 16.5. The number of amides is 1. The molecule has 7 nitrogen and oxygen atoms in total. The summed E-state index contributed by atoms with van der Waals surface area (Å²) in [6.45, 7) is 4.37. The molecule has 0 aliphatic carbocycles. The Labute approximate surface area is 145 Å². The van der Waals surface area contributed by atoms with Crippen LogP contribution in [0.1, 0.15) is 37.7 Å². The van der Waals surface area contributed by atoms with Gasteiger partial charge in [-0.15, -0.1) is 0 Å². The zero-order valence-electron chi connectivity index (χ0n) is 13.7. The van der Waals surface area contributed by atoms with Crippen LogP contribution in [0.4, 0.5) is 0 Å². The topological polar surface area (TPSA) is 81.2 Å². The van der Waals surface area contributed by atoms with Crippen molar-refractivity contribution < 1.29 is 14.3 Å². The zero-order valence-corrected chi connectivity index (χ0v) is 14.5. The second-order valence-electron chi connectivity index (χ2n) is 5.68. The molecule has 2 aromatic rings. The van der Waals surface area contributed by atoms with Gasteiger partial charge in [-0.25, -0.2) is 0 Å². The Morgan fingerprint density at radius 1 is 1.46 bits per heavy atom. The number of carbonyl (C=O) groups excluding carboxylic acids is 1. The molecule has 24 heavy (non-hydrogen) atoms. The average Bonchev–Trinajstić information content (AvgIpc) is 3.15. The number of aryl methyl sites for hydroxylation is 1. The van der Waals surface area contributed by atoms with Gasteiger partial charge in [-0.3, -0.25) is 14.5 Å². The molecule has 8 heteroatoms. The summed E-state index contributed by atoms with van der Waals surface area (Å²) >= 11 is 5.20. The van der Waals surface area contributed by atoms with Gasteiger partial charge in [0.25, 0.3) is 0 Å². The van der Waals surface area contributed by atoms with E-state index in [4.69, 9.17) is 21.7 Å². The van der Waals surface area contributed by atoms with Crippen molar-refractivity contribution >= 4 is 18.1 Å². The van der Waals surface area contributed by atoms with Gasteiger partial charge in [0.2, 0.25) is 12.7 Å². The fourth-order valence-electron chi connectivity index (χ4n) is 2.62. The molecule has 0 saturated heterocycles. The van der Waals surface area contributed by atoms with Crippen molar-refractivity contribution in [2.45, 2.75) is 39.3 Å². The van der Waals surface area contributed by atoms with Gasteiger partial charge in [0.15, 0.2) is 16.3 Å². The molecule has 0 spiro atoms. The minimum absolute atomic E-state index is 0.116. The molecule has 0 saturated carbocycles. The van der Waals surface area contributed by atoms with E-state index in [0.29, 0.717) is 10.5 Å². The molecule has 3 rings (SSSR count). The zero-order chi connectivity index (χ0) is 17.1. The van der Waals surface area contributed by atoms with Gasteiger partial charge in [0.1, 0.15) is 12.4 Å². The summed E-state index contributed by atoms with van der Waals surface area (Å²) in [5.41, 5.74) is 0.956. The fraction of sp³-hybridized carbons (Fsp3) is 0.438. The van der Waals surface area contributed by atoms with E-state index in [1.54, 1.807) is 4.57 Å². The smallest absolute Gasteiger partial charge is 0.240 e. The number of fused-ring (bicyclic) bond motifs is 1. The molecule has 1 aromatic carbocycles. The molecule has 1 amide bonds. The summed E-state index contributed by atoms with van der Waals surface area (Å²) in [6, 6.07) is 5.51. The Morgan fingerprint density at radius 2 is 2.25 bits per heavy atom. The van der Waals surface area contributed by atoms with E-state index in [-0.39, 0.29) is 25.3 Å². The second-order valence-corrected chi connectivity index (χ2v) is 6.07. The quantitative estimate of drug-likeness (QED) is 0.784. The lowest BCUT2D eigenvalue weighted by atomic mass is 10.1. The van der Waals surface area contributed by atoms with E-state index in [0.717, 1.165) is 30.0 Å². The first-order chi connectivity index (χ1) is 11.6. The van der Waals surface area contributed by atoms with Crippen LogP contribution >= 0.6 is 12.2 Å². The van der Waals surface area contributed by atoms with Crippen molar-refractivity contribution in [1.82, 2.24) is 20.1 Å². The molecule has 1 atom stereocenters. The van der Waals surface area contributed by atoms with Crippen LogP contribution in [0.2, 0.25) is 0 Å². The van der Waals surface area contributed by atoms with Gasteiger partial charge in [-0.1, -0.05) is 13.0 Å². The van der Waals surface area contributed by atoms with Gasteiger partial charge in [0, 0.05) is 6.42 Å². The monoisotopic (exact) mass is 348 g/mol. The lowest BCUT2D eigenvalue weighted by Crippen LogP contribution is -2.30. The molecule has 1 aliphatic heterocycles. The van der Waals surface area contributed by atoms with Gasteiger partial charge < -0.3 is 14.8 Å². The molecule has 1 unspecified atom stereocenters. The minimum atomic E-state index is -0.150. The highest BCUT2D eigenvalue weighted by atomic mass is 32.1. The Balaban J connectivity index is 1.66. The number of aromatic amines is 1. The van der Waals surface area contributed by atoms with Crippen LogP contribution in [0.5, 0.6) is 11.5 Å². The largest absolute Gasteiger partial charge is 0.454 e. The van der Waals surface area contributed by atoms with E-state index < -0.39 is 0 Å². The second kappa shape index (κ2) is 7.04. The molecular weight excluding hydrogens is 328 g/mol. The maximum atomic E-state index is 12.4. The predicted octanol–water partition coefficient (Wildman–Crippen LogP) is 2.50. The Hall–Kier alpha value is -2.35. The summed E-state index contributed by atoms with van der Waals surface area (Å²) in [4.78, 5) is 12.4. The van der Waals surface area contributed by atoms with Crippen molar-refractivity contribution in [2.75, 3.05) is 6.79 Å². The third-order valence-corrected chi connectivity index (χ3v) is 4.20. The maximum absolute atomic E-state index is 12.4. The van der Waals surface area contributed by atoms with Crippen LogP contribution in [-0.4, -0.2) is 27.5 Å². The molecule has 0 bridgehead atoms. The number of hydrogen-bond acceptors (Lipinski definition) is 5. The molecule has 2 heterocycles. The molecule has 1 aliphatic rings. The highest BCUT2D eigenvalue weighted by Gasteiger charge is 2.17. The van der Waals surface area contributed by atoms with Gasteiger partial charge >= 0.3 is 0 Å². The predicted molar refractivity (Wildman–Crippen MR) is 90.5 cm³/mol. The molecule has 1 aromatic heterocycles.